The van der Waals surface area contributed by atoms with E-state index in [1.807, 2.05) is 6.07 Å². The molecule has 4 amide bonds. The number of rotatable bonds is 7. The Hall–Kier alpha value is -2.62. The number of nitrogens with one attached hydrogen (secondary N) is 3. The molecule has 4 heterocycles. The molecule has 1 aliphatic carbocycles. The zero-order chi connectivity index (χ0) is 21.8. The molecule has 1 atom stereocenters. The zero-order valence-electron chi connectivity index (χ0n) is 17.5. The van der Waals surface area contributed by atoms with Gasteiger partial charge in [-0.25, -0.2) is 0 Å². The average molecular weight is 426 g/mol. The van der Waals surface area contributed by atoms with Crippen LogP contribution in [0.5, 0.6) is 0 Å². The minimum atomic E-state index is -0.938. The highest BCUT2D eigenvalue weighted by Gasteiger charge is 2.60. The lowest BCUT2D eigenvalue weighted by molar-refractivity contribution is -0.136. The summed E-state index contributed by atoms with van der Waals surface area (Å²) in [6.07, 6.45) is 2.46. The van der Waals surface area contributed by atoms with Gasteiger partial charge in [-0.15, -0.1) is 0 Å². The average Bonchev–Trinajstić information content (AvgIpc) is 3.32. The Labute approximate surface area is 179 Å². The van der Waals surface area contributed by atoms with E-state index in [-0.39, 0.29) is 29.7 Å². The molecule has 0 radical (unpaired) electrons. The Kier molecular flexibility index (Phi) is 4.72. The van der Waals surface area contributed by atoms with Gasteiger partial charge in [0.05, 0.1) is 17.7 Å². The van der Waals surface area contributed by atoms with Crippen LogP contribution in [0.4, 0.5) is 0 Å². The Morgan fingerprint density at radius 2 is 1.94 bits per heavy atom. The third-order valence-corrected chi connectivity index (χ3v) is 7.02. The SMILES string of the molecule is COCC12CC(CNCc3ccc4c(c3)C(=O)N(C3CCC(=O)NC3=O)C4=O)(CN1)C2. The molecule has 9 nitrogen and oxygen atoms in total. The van der Waals surface area contributed by atoms with E-state index in [2.05, 4.69) is 16.0 Å². The molecule has 2 bridgehead atoms. The second-order valence-electron chi connectivity index (χ2n) is 9.35. The van der Waals surface area contributed by atoms with Crippen LogP contribution in [0.3, 0.4) is 0 Å². The van der Waals surface area contributed by atoms with E-state index in [0.717, 1.165) is 43.0 Å². The zero-order valence-corrected chi connectivity index (χ0v) is 17.5. The van der Waals surface area contributed by atoms with E-state index in [1.165, 1.54) is 0 Å². The lowest BCUT2D eigenvalue weighted by atomic mass is 9.62. The van der Waals surface area contributed by atoms with Crippen molar-refractivity contribution in [2.24, 2.45) is 5.41 Å². The minimum absolute atomic E-state index is 0.112. The van der Waals surface area contributed by atoms with Crippen molar-refractivity contribution in [2.75, 3.05) is 26.8 Å². The van der Waals surface area contributed by atoms with Gasteiger partial charge in [-0.05, 0) is 42.4 Å². The van der Waals surface area contributed by atoms with Gasteiger partial charge in [-0.2, -0.15) is 0 Å². The minimum Gasteiger partial charge on any atom is -0.383 e. The molecule has 1 unspecified atom stereocenters. The summed E-state index contributed by atoms with van der Waals surface area (Å²) in [4.78, 5) is 50.2. The van der Waals surface area contributed by atoms with Crippen molar-refractivity contribution in [1.29, 1.82) is 0 Å². The molecule has 1 aromatic rings. The lowest BCUT2D eigenvalue weighted by Gasteiger charge is -2.46. The number of carbonyl (C=O) groups is 4. The van der Waals surface area contributed by atoms with Crippen molar-refractivity contribution in [3.63, 3.8) is 0 Å². The molecular formula is C22H26N4O5. The van der Waals surface area contributed by atoms with E-state index in [0.29, 0.717) is 17.7 Å². The van der Waals surface area contributed by atoms with Crippen LogP contribution < -0.4 is 16.0 Å². The molecule has 1 aromatic carbocycles. The summed E-state index contributed by atoms with van der Waals surface area (Å²) in [5, 5.41) is 9.28. The highest BCUT2D eigenvalue weighted by Crippen LogP contribution is 2.53. The van der Waals surface area contributed by atoms with Crippen molar-refractivity contribution in [1.82, 2.24) is 20.9 Å². The number of benzene rings is 1. The molecule has 164 valence electrons. The predicted octanol–water partition coefficient (Wildman–Crippen LogP) is -0.0540. The van der Waals surface area contributed by atoms with Crippen LogP contribution in [-0.2, 0) is 20.9 Å². The van der Waals surface area contributed by atoms with Crippen LogP contribution in [0.2, 0.25) is 0 Å². The first-order valence-electron chi connectivity index (χ1n) is 10.6. The Morgan fingerprint density at radius 1 is 1.16 bits per heavy atom. The Morgan fingerprint density at radius 3 is 2.68 bits per heavy atom. The number of imide groups is 2. The summed E-state index contributed by atoms with van der Waals surface area (Å²) in [6.45, 7) is 3.17. The molecule has 3 saturated heterocycles. The predicted molar refractivity (Wildman–Crippen MR) is 109 cm³/mol. The van der Waals surface area contributed by atoms with Gasteiger partial charge in [-0.1, -0.05) is 6.07 Å². The van der Waals surface area contributed by atoms with E-state index >= 15 is 0 Å². The van der Waals surface area contributed by atoms with Crippen LogP contribution in [0, 0.1) is 5.41 Å². The maximum Gasteiger partial charge on any atom is 0.262 e. The van der Waals surface area contributed by atoms with Crippen molar-refractivity contribution < 1.29 is 23.9 Å². The Bertz CT molecular complexity index is 984. The van der Waals surface area contributed by atoms with E-state index in [1.54, 1.807) is 19.2 Å². The summed E-state index contributed by atoms with van der Waals surface area (Å²) in [6, 6.07) is 4.29. The fraction of sp³-hybridized carbons (Fsp3) is 0.545. The first-order valence-corrected chi connectivity index (χ1v) is 10.6. The van der Waals surface area contributed by atoms with E-state index < -0.39 is 23.8 Å². The first-order chi connectivity index (χ1) is 14.9. The summed E-state index contributed by atoms with van der Waals surface area (Å²) >= 11 is 0. The maximum absolute atomic E-state index is 12.9. The fourth-order valence-electron chi connectivity index (χ4n) is 5.73. The molecule has 4 aliphatic heterocycles. The first kappa shape index (κ1) is 20.3. The van der Waals surface area contributed by atoms with Crippen molar-refractivity contribution in [3.05, 3.63) is 34.9 Å². The number of nitrogens with zero attached hydrogens (tertiary/aromatic N) is 1. The standard InChI is InChI=1S/C22H26N4O5/c1-31-12-22-8-21(9-22,11-24-22)10-23-7-13-2-3-14-15(6-13)20(30)26(19(14)29)16-4-5-17(27)25-18(16)28/h2-3,6,16,23-24H,4-5,7-12H2,1H3,(H,25,27,28). The number of carbonyl (C=O) groups excluding carboxylic acids is 4. The third kappa shape index (κ3) is 3.28. The molecule has 5 aliphatic rings. The number of ether oxygens (including phenoxy) is 1. The number of fused-ring (bicyclic) bond motifs is 2. The van der Waals surface area contributed by atoms with Crippen LogP contribution in [0.1, 0.15) is 52.0 Å². The number of hydrogen-bond acceptors (Lipinski definition) is 7. The highest BCUT2D eigenvalue weighted by molar-refractivity contribution is 6.23. The van der Waals surface area contributed by atoms with Gasteiger partial charge in [0.2, 0.25) is 11.8 Å². The molecule has 1 saturated carbocycles. The lowest BCUT2D eigenvalue weighted by Crippen LogP contribution is -2.54. The molecule has 0 aromatic heterocycles. The van der Waals surface area contributed by atoms with Crippen LogP contribution in [-0.4, -0.2) is 66.9 Å². The summed E-state index contributed by atoms with van der Waals surface area (Å²) in [5.74, 6) is -1.93. The highest BCUT2D eigenvalue weighted by atomic mass is 16.5. The van der Waals surface area contributed by atoms with Gasteiger partial charge in [0.1, 0.15) is 6.04 Å². The van der Waals surface area contributed by atoms with Gasteiger partial charge < -0.3 is 15.4 Å². The summed E-state index contributed by atoms with van der Waals surface area (Å²) in [7, 11) is 1.73. The monoisotopic (exact) mass is 426 g/mol. The normalized spacial score (nSPS) is 31.6. The van der Waals surface area contributed by atoms with Gasteiger partial charge in [0, 0.05) is 38.7 Å². The second kappa shape index (κ2) is 7.22. The van der Waals surface area contributed by atoms with Crippen molar-refractivity contribution in [3.8, 4) is 0 Å². The van der Waals surface area contributed by atoms with E-state index in [9.17, 15) is 19.2 Å². The number of methoxy groups -OCH3 is 1. The largest absolute Gasteiger partial charge is 0.383 e. The van der Waals surface area contributed by atoms with Crippen molar-refractivity contribution >= 4 is 23.6 Å². The number of amides is 4. The molecule has 3 N–H and O–H groups in total. The topological polar surface area (TPSA) is 117 Å². The fourth-order valence-corrected chi connectivity index (χ4v) is 5.73. The quantitative estimate of drug-likeness (QED) is 0.523. The van der Waals surface area contributed by atoms with Crippen molar-refractivity contribution in [2.45, 2.75) is 43.8 Å². The second-order valence-corrected chi connectivity index (χ2v) is 9.35. The molecular weight excluding hydrogens is 400 g/mol. The number of piperidine rings is 1. The molecule has 6 rings (SSSR count). The van der Waals surface area contributed by atoms with Gasteiger partial charge in [0.15, 0.2) is 0 Å². The Balaban J connectivity index is 1.23. The summed E-state index contributed by atoms with van der Waals surface area (Å²) in [5.41, 5.74) is 1.92. The van der Waals surface area contributed by atoms with Crippen LogP contribution in [0.15, 0.2) is 18.2 Å². The van der Waals surface area contributed by atoms with Gasteiger partial charge >= 0.3 is 0 Å². The molecule has 9 heteroatoms. The molecule has 31 heavy (non-hydrogen) atoms. The third-order valence-electron chi connectivity index (χ3n) is 7.02. The van der Waals surface area contributed by atoms with Gasteiger partial charge in [-0.3, -0.25) is 29.4 Å². The number of hydrogen-bond donors (Lipinski definition) is 3. The molecule has 0 spiro atoms. The van der Waals surface area contributed by atoms with E-state index in [4.69, 9.17) is 4.74 Å². The summed E-state index contributed by atoms with van der Waals surface area (Å²) < 4.78 is 5.32. The smallest absolute Gasteiger partial charge is 0.262 e. The van der Waals surface area contributed by atoms with Gasteiger partial charge in [0.25, 0.3) is 11.8 Å². The van der Waals surface area contributed by atoms with Crippen LogP contribution >= 0.6 is 0 Å². The molecule has 4 fully saturated rings. The van der Waals surface area contributed by atoms with Crippen LogP contribution in [0.25, 0.3) is 0 Å². The maximum atomic E-state index is 12.9.